The van der Waals surface area contributed by atoms with Crippen LogP contribution < -0.4 is 0 Å². The molecule has 0 aromatic carbocycles. The molecule has 2 spiro atoms. The second-order valence-electron chi connectivity index (χ2n) is 10.1. The van der Waals surface area contributed by atoms with Crippen molar-refractivity contribution in [1.29, 1.82) is 0 Å². The van der Waals surface area contributed by atoms with Crippen LogP contribution in [0.1, 0.15) is 40.0 Å². The van der Waals surface area contributed by atoms with Gasteiger partial charge in [-0.15, -0.1) is 0 Å². The van der Waals surface area contributed by atoms with E-state index in [1.807, 2.05) is 19.9 Å². The van der Waals surface area contributed by atoms with Gasteiger partial charge in [0, 0.05) is 12.8 Å². The summed E-state index contributed by atoms with van der Waals surface area (Å²) in [5.41, 5.74) is -1.70. The standard InChI is InChI=1S/C22H28O6/c1-11-13-5-6-14-20-10-27-22(26,21(14,9-13)18(11)28-12(2)23)17(25)16(20)19(3,4)8-7-15(20)24/h7-8,13-14,16-18,25-26H,1,5-6,9-10H2,2-4H3/t13-,14+,16-,17+,18-,20-,21+,22?/m1/s1. The number of aliphatic hydroxyl groups is 2. The average molecular weight is 388 g/mol. The molecule has 0 aromatic rings. The molecule has 0 amide bonds. The number of carbonyl (C=O) groups excluding carboxylic acids is 2. The van der Waals surface area contributed by atoms with Gasteiger partial charge in [0.05, 0.1) is 17.4 Å². The Bertz CT molecular complexity index is 829. The molecule has 0 aromatic heterocycles. The lowest BCUT2D eigenvalue weighted by Crippen LogP contribution is -2.83. The van der Waals surface area contributed by atoms with E-state index in [-0.39, 0.29) is 24.2 Å². The first-order chi connectivity index (χ1) is 13.0. The van der Waals surface area contributed by atoms with Crippen LogP contribution in [-0.2, 0) is 19.1 Å². The molecule has 4 aliphatic carbocycles. The van der Waals surface area contributed by atoms with Crippen molar-refractivity contribution < 1.29 is 29.3 Å². The molecule has 2 N–H and O–H groups in total. The minimum Gasteiger partial charge on any atom is -0.457 e. The Morgan fingerprint density at radius 2 is 2.07 bits per heavy atom. The topological polar surface area (TPSA) is 93.1 Å². The largest absolute Gasteiger partial charge is 0.457 e. The molecule has 2 heterocycles. The fraction of sp³-hybridized carbons (Fsp3) is 0.727. The summed E-state index contributed by atoms with van der Waals surface area (Å²) in [6.45, 7) is 9.58. The third-order valence-corrected chi connectivity index (χ3v) is 8.64. The van der Waals surface area contributed by atoms with Crippen LogP contribution in [0.2, 0.25) is 0 Å². The maximum atomic E-state index is 13.4. The van der Waals surface area contributed by atoms with Gasteiger partial charge in [0.25, 0.3) is 0 Å². The molecule has 8 atom stereocenters. The Morgan fingerprint density at radius 3 is 2.75 bits per heavy atom. The lowest BCUT2D eigenvalue weighted by atomic mass is 9.37. The first kappa shape index (κ1) is 18.5. The van der Waals surface area contributed by atoms with Crippen molar-refractivity contribution in [3.63, 3.8) is 0 Å². The van der Waals surface area contributed by atoms with Crippen molar-refractivity contribution >= 4 is 11.8 Å². The molecule has 5 fully saturated rings. The second kappa shape index (κ2) is 5.15. The molecule has 1 unspecified atom stereocenters. The minimum atomic E-state index is -1.88. The minimum absolute atomic E-state index is 0.0560. The van der Waals surface area contributed by atoms with E-state index in [1.54, 1.807) is 6.08 Å². The van der Waals surface area contributed by atoms with Crippen LogP contribution in [0.25, 0.3) is 0 Å². The molecular formula is C22H28O6. The predicted octanol–water partition coefficient (Wildman–Crippen LogP) is 1.75. The molecule has 4 bridgehead atoms. The van der Waals surface area contributed by atoms with Gasteiger partial charge < -0.3 is 19.7 Å². The Balaban J connectivity index is 1.78. The van der Waals surface area contributed by atoms with Crippen molar-refractivity contribution in [2.24, 2.45) is 34.0 Å². The van der Waals surface area contributed by atoms with Crippen LogP contribution in [-0.4, -0.2) is 46.6 Å². The van der Waals surface area contributed by atoms with Crippen molar-refractivity contribution in [2.75, 3.05) is 6.61 Å². The number of hydrogen-bond acceptors (Lipinski definition) is 6. The predicted molar refractivity (Wildman–Crippen MR) is 98.7 cm³/mol. The van der Waals surface area contributed by atoms with Gasteiger partial charge in [-0.3, -0.25) is 9.59 Å². The molecule has 3 saturated carbocycles. The normalized spacial score (nSPS) is 53.0. The molecule has 6 heteroatoms. The van der Waals surface area contributed by atoms with E-state index in [0.29, 0.717) is 12.8 Å². The molecular weight excluding hydrogens is 360 g/mol. The summed E-state index contributed by atoms with van der Waals surface area (Å²) >= 11 is 0. The number of hydrogen-bond donors (Lipinski definition) is 2. The van der Waals surface area contributed by atoms with E-state index in [1.165, 1.54) is 6.92 Å². The van der Waals surface area contributed by atoms with Crippen LogP contribution in [0.15, 0.2) is 24.3 Å². The summed E-state index contributed by atoms with van der Waals surface area (Å²) in [4.78, 5) is 25.3. The van der Waals surface area contributed by atoms with E-state index in [2.05, 4.69) is 6.58 Å². The molecule has 2 saturated heterocycles. The Kier molecular flexibility index (Phi) is 3.41. The van der Waals surface area contributed by atoms with Gasteiger partial charge in [-0.05, 0) is 48.2 Å². The third kappa shape index (κ3) is 1.73. The van der Waals surface area contributed by atoms with E-state index < -0.39 is 46.1 Å². The number of fused-ring (bicyclic) bond motifs is 2. The highest BCUT2D eigenvalue weighted by Crippen LogP contribution is 2.76. The van der Waals surface area contributed by atoms with Gasteiger partial charge in [0.15, 0.2) is 5.78 Å². The van der Waals surface area contributed by atoms with Gasteiger partial charge in [0.2, 0.25) is 5.79 Å². The molecule has 0 radical (unpaired) electrons. The summed E-state index contributed by atoms with van der Waals surface area (Å²) < 4.78 is 11.7. The number of allylic oxidation sites excluding steroid dienone is 2. The summed E-state index contributed by atoms with van der Waals surface area (Å²) in [5.74, 6) is -3.03. The van der Waals surface area contributed by atoms with Crippen LogP contribution in [0.3, 0.4) is 0 Å². The third-order valence-electron chi connectivity index (χ3n) is 8.64. The van der Waals surface area contributed by atoms with E-state index >= 15 is 0 Å². The molecule has 6 rings (SSSR count). The molecule has 152 valence electrons. The summed E-state index contributed by atoms with van der Waals surface area (Å²) in [6.07, 6.45) is 3.49. The Morgan fingerprint density at radius 1 is 1.36 bits per heavy atom. The highest BCUT2D eigenvalue weighted by atomic mass is 16.6. The highest BCUT2D eigenvalue weighted by molar-refractivity contribution is 5.97. The molecule has 6 nitrogen and oxygen atoms in total. The van der Waals surface area contributed by atoms with Gasteiger partial charge in [-0.2, -0.15) is 0 Å². The van der Waals surface area contributed by atoms with Gasteiger partial charge >= 0.3 is 5.97 Å². The SMILES string of the molecule is C=C1[C@@H]2CC[C@H]3[C@@]45COC(O)([C@@H](O)[C@@H]4C(C)(C)C=CC5=O)[C@]3(C2)[C@@H]1OC(C)=O. The monoisotopic (exact) mass is 388 g/mol. The fourth-order valence-electron chi connectivity index (χ4n) is 7.73. The number of aliphatic hydroxyl groups excluding tert-OH is 1. The maximum absolute atomic E-state index is 13.4. The fourth-order valence-corrected chi connectivity index (χ4v) is 7.73. The van der Waals surface area contributed by atoms with E-state index in [4.69, 9.17) is 9.47 Å². The zero-order valence-corrected chi connectivity index (χ0v) is 16.6. The lowest BCUT2D eigenvalue weighted by Gasteiger charge is -2.72. The summed E-state index contributed by atoms with van der Waals surface area (Å²) in [6, 6.07) is 0. The first-order valence-electron chi connectivity index (χ1n) is 10.2. The number of ketones is 1. The Labute approximate surface area is 164 Å². The first-order valence-corrected chi connectivity index (χ1v) is 10.2. The quantitative estimate of drug-likeness (QED) is 0.525. The molecule has 2 aliphatic heterocycles. The number of rotatable bonds is 1. The smallest absolute Gasteiger partial charge is 0.303 e. The number of esters is 1. The zero-order chi connectivity index (χ0) is 20.3. The molecule has 6 aliphatic rings. The molecule has 28 heavy (non-hydrogen) atoms. The number of ether oxygens (including phenoxy) is 2. The van der Waals surface area contributed by atoms with Crippen molar-refractivity contribution in [1.82, 2.24) is 0 Å². The van der Waals surface area contributed by atoms with Crippen molar-refractivity contribution in [2.45, 2.75) is 58.0 Å². The lowest BCUT2D eigenvalue weighted by molar-refractivity contribution is -0.441. The summed E-state index contributed by atoms with van der Waals surface area (Å²) in [7, 11) is 0. The summed E-state index contributed by atoms with van der Waals surface area (Å²) in [5, 5.41) is 23.3. The average Bonchev–Trinajstić information content (AvgIpc) is 2.82. The van der Waals surface area contributed by atoms with Gasteiger partial charge in [-0.1, -0.05) is 26.5 Å². The van der Waals surface area contributed by atoms with Gasteiger partial charge in [0.1, 0.15) is 12.2 Å². The van der Waals surface area contributed by atoms with Crippen molar-refractivity contribution in [3.8, 4) is 0 Å². The Hall–Kier alpha value is -1.50. The van der Waals surface area contributed by atoms with E-state index in [9.17, 15) is 19.8 Å². The second-order valence-corrected chi connectivity index (χ2v) is 10.1. The van der Waals surface area contributed by atoms with Crippen LogP contribution in [0, 0.1) is 34.0 Å². The van der Waals surface area contributed by atoms with Crippen LogP contribution >= 0.6 is 0 Å². The van der Waals surface area contributed by atoms with Crippen molar-refractivity contribution in [3.05, 3.63) is 24.3 Å². The number of carbonyl (C=O) groups is 2. The van der Waals surface area contributed by atoms with Crippen LogP contribution in [0.4, 0.5) is 0 Å². The van der Waals surface area contributed by atoms with Gasteiger partial charge in [-0.25, -0.2) is 0 Å². The zero-order valence-electron chi connectivity index (χ0n) is 16.6. The van der Waals surface area contributed by atoms with E-state index in [0.717, 1.165) is 12.0 Å². The van der Waals surface area contributed by atoms with Crippen LogP contribution in [0.5, 0.6) is 0 Å². The maximum Gasteiger partial charge on any atom is 0.303 e. The highest BCUT2D eigenvalue weighted by Gasteiger charge is 2.84.